The van der Waals surface area contributed by atoms with Gasteiger partial charge in [-0.3, -0.25) is 0 Å². The third-order valence-corrected chi connectivity index (χ3v) is 7.71. The van der Waals surface area contributed by atoms with E-state index in [2.05, 4.69) is 6.92 Å². The standard InChI is InChI=1S/C18H26O3/c1-11-2-4-14(5-3-11)17-9-12-6-13(10-17)8-15(7-12)18(17)20-16(19)21-18/h11-15H,2-10H2,1H3. The molecular formula is C18H26O3. The minimum Gasteiger partial charge on any atom is -0.390 e. The van der Waals surface area contributed by atoms with Crippen LogP contribution >= 0.6 is 0 Å². The van der Waals surface area contributed by atoms with Crippen LogP contribution in [0.1, 0.15) is 64.7 Å². The van der Waals surface area contributed by atoms with Gasteiger partial charge in [0.2, 0.25) is 0 Å². The summed E-state index contributed by atoms with van der Waals surface area (Å²) in [6.07, 6.45) is 11.3. The summed E-state index contributed by atoms with van der Waals surface area (Å²) in [7, 11) is 0. The van der Waals surface area contributed by atoms with Gasteiger partial charge in [0.25, 0.3) is 5.79 Å². The van der Waals surface area contributed by atoms with Crippen LogP contribution in [0.15, 0.2) is 0 Å². The van der Waals surface area contributed by atoms with Crippen molar-refractivity contribution in [1.29, 1.82) is 0 Å². The maximum Gasteiger partial charge on any atom is 0.514 e. The van der Waals surface area contributed by atoms with E-state index in [1.54, 1.807) is 0 Å². The summed E-state index contributed by atoms with van der Waals surface area (Å²) in [4.78, 5) is 11.5. The first-order valence-corrected chi connectivity index (χ1v) is 9.03. The predicted molar refractivity (Wildman–Crippen MR) is 77.4 cm³/mol. The van der Waals surface area contributed by atoms with E-state index < -0.39 is 11.9 Å². The predicted octanol–water partition coefficient (Wildman–Crippen LogP) is 4.50. The van der Waals surface area contributed by atoms with Crippen molar-refractivity contribution in [2.45, 2.75) is 70.5 Å². The van der Waals surface area contributed by atoms with Crippen molar-refractivity contribution in [1.82, 2.24) is 0 Å². The molecule has 2 unspecified atom stereocenters. The minimum absolute atomic E-state index is 0.163. The highest BCUT2D eigenvalue weighted by atomic mass is 16.9. The fourth-order valence-electron chi connectivity index (χ4n) is 7.07. The smallest absolute Gasteiger partial charge is 0.390 e. The van der Waals surface area contributed by atoms with E-state index in [1.807, 2.05) is 0 Å². The van der Waals surface area contributed by atoms with Gasteiger partial charge in [-0.2, -0.15) is 0 Å². The Morgan fingerprint density at radius 3 is 2.10 bits per heavy atom. The topological polar surface area (TPSA) is 35.5 Å². The van der Waals surface area contributed by atoms with Gasteiger partial charge in [-0.1, -0.05) is 19.8 Å². The second kappa shape index (κ2) is 3.97. The van der Waals surface area contributed by atoms with E-state index >= 15 is 0 Å². The monoisotopic (exact) mass is 290 g/mol. The molecule has 4 bridgehead atoms. The number of carbonyl (C=O) groups excluding carboxylic acids is 1. The minimum atomic E-state index is -0.511. The zero-order chi connectivity index (χ0) is 14.2. The largest absolute Gasteiger partial charge is 0.514 e. The maximum atomic E-state index is 11.5. The lowest BCUT2D eigenvalue weighted by molar-refractivity contribution is -0.408. The molecule has 0 amide bonds. The van der Waals surface area contributed by atoms with Gasteiger partial charge in [0.1, 0.15) is 0 Å². The summed E-state index contributed by atoms with van der Waals surface area (Å²) in [5, 5.41) is 0. The molecule has 1 heterocycles. The quantitative estimate of drug-likeness (QED) is 0.667. The molecule has 1 spiro atoms. The molecule has 116 valence electrons. The molecule has 1 aliphatic heterocycles. The van der Waals surface area contributed by atoms with Crippen LogP contribution < -0.4 is 0 Å². The Labute approximate surface area is 126 Å². The van der Waals surface area contributed by atoms with Crippen molar-refractivity contribution >= 4 is 6.16 Å². The van der Waals surface area contributed by atoms with Crippen molar-refractivity contribution in [3.8, 4) is 0 Å². The van der Waals surface area contributed by atoms with Crippen LogP contribution in [0, 0.1) is 35.0 Å². The van der Waals surface area contributed by atoms with Gasteiger partial charge in [-0.25, -0.2) is 4.79 Å². The first-order chi connectivity index (χ1) is 10.1. The number of carbonyl (C=O) groups is 1. The Bertz CT molecular complexity index is 455. The molecule has 0 aromatic heterocycles. The van der Waals surface area contributed by atoms with Crippen molar-refractivity contribution in [2.75, 3.05) is 0 Å². The van der Waals surface area contributed by atoms with Crippen LogP contribution in [-0.2, 0) is 9.47 Å². The van der Waals surface area contributed by atoms with Crippen molar-refractivity contribution < 1.29 is 14.3 Å². The third-order valence-electron chi connectivity index (χ3n) is 7.71. The average Bonchev–Trinajstić information content (AvgIpc) is 2.41. The normalized spacial score (nSPS) is 53.2. The lowest BCUT2D eigenvalue weighted by Crippen LogP contribution is -2.74. The van der Waals surface area contributed by atoms with Gasteiger partial charge in [0.15, 0.2) is 0 Å². The van der Waals surface area contributed by atoms with Gasteiger partial charge >= 0.3 is 6.16 Å². The number of rotatable bonds is 1. The van der Waals surface area contributed by atoms with Crippen LogP contribution in [-0.4, -0.2) is 11.9 Å². The Morgan fingerprint density at radius 2 is 1.52 bits per heavy atom. The first kappa shape index (κ1) is 12.8. The molecule has 6 fully saturated rings. The van der Waals surface area contributed by atoms with Gasteiger partial charge < -0.3 is 9.47 Å². The van der Waals surface area contributed by atoms with E-state index in [4.69, 9.17) is 9.47 Å². The summed E-state index contributed by atoms with van der Waals surface area (Å²) in [5.41, 5.74) is 0.163. The summed E-state index contributed by atoms with van der Waals surface area (Å²) in [6.45, 7) is 2.38. The fraction of sp³-hybridized carbons (Fsp3) is 0.944. The van der Waals surface area contributed by atoms with Crippen LogP contribution in [0.25, 0.3) is 0 Å². The van der Waals surface area contributed by atoms with E-state index in [1.165, 1.54) is 57.8 Å². The SMILES string of the molecule is CC1CCC(C23CC4CC(CC(C4)C24OC(=O)O4)C3)CC1. The molecule has 0 aromatic carbocycles. The van der Waals surface area contributed by atoms with E-state index in [0.29, 0.717) is 5.92 Å². The summed E-state index contributed by atoms with van der Waals surface area (Å²) < 4.78 is 11.7. The Hall–Kier alpha value is -0.730. The Balaban J connectivity index is 1.53. The average molecular weight is 290 g/mol. The van der Waals surface area contributed by atoms with Crippen LogP contribution in [0.5, 0.6) is 0 Å². The highest BCUT2D eigenvalue weighted by Crippen LogP contribution is 2.72. The van der Waals surface area contributed by atoms with Crippen LogP contribution in [0.3, 0.4) is 0 Å². The molecule has 5 saturated carbocycles. The van der Waals surface area contributed by atoms with Crippen molar-refractivity contribution in [2.24, 2.45) is 35.0 Å². The molecule has 0 aromatic rings. The molecule has 1 saturated heterocycles. The Kier molecular flexibility index (Phi) is 2.41. The molecule has 2 atom stereocenters. The second-order valence-corrected chi connectivity index (χ2v) is 8.78. The summed E-state index contributed by atoms with van der Waals surface area (Å²) in [5.74, 6) is 3.31. The van der Waals surface area contributed by atoms with Gasteiger partial charge in [0, 0.05) is 5.92 Å². The molecule has 6 rings (SSSR count). The Morgan fingerprint density at radius 1 is 0.905 bits per heavy atom. The lowest BCUT2D eigenvalue weighted by atomic mass is 9.42. The zero-order valence-electron chi connectivity index (χ0n) is 13.0. The van der Waals surface area contributed by atoms with Gasteiger partial charge in [0.05, 0.1) is 5.41 Å². The molecule has 3 heteroatoms. The van der Waals surface area contributed by atoms with Crippen LogP contribution in [0.2, 0.25) is 0 Å². The van der Waals surface area contributed by atoms with E-state index in [-0.39, 0.29) is 5.41 Å². The fourth-order valence-corrected chi connectivity index (χ4v) is 7.07. The number of hydrogen-bond donors (Lipinski definition) is 0. The number of ether oxygens (including phenoxy) is 2. The molecule has 3 nitrogen and oxygen atoms in total. The highest BCUT2D eigenvalue weighted by molar-refractivity contribution is 5.66. The zero-order valence-corrected chi connectivity index (χ0v) is 13.0. The first-order valence-electron chi connectivity index (χ1n) is 9.03. The molecule has 0 N–H and O–H groups in total. The van der Waals surface area contributed by atoms with Gasteiger partial charge in [-0.05, 0) is 68.6 Å². The van der Waals surface area contributed by atoms with Crippen molar-refractivity contribution in [3.05, 3.63) is 0 Å². The second-order valence-electron chi connectivity index (χ2n) is 8.78. The maximum absolute atomic E-state index is 11.5. The molecule has 6 aliphatic rings. The van der Waals surface area contributed by atoms with Crippen LogP contribution in [0.4, 0.5) is 4.79 Å². The summed E-state index contributed by atoms with van der Waals surface area (Å²) in [6, 6.07) is 0. The third kappa shape index (κ3) is 1.48. The van der Waals surface area contributed by atoms with E-state index in [9.17, 15) is 4.79 Å². The van der Waals surface area contributed by atoms with Gasteiger partial charge in [-0.15, -0.1) is 0 Å². The summed E-state index contributed by atoms with van der Waals surface area (Å²) >= 11 is 0. The van der Waals surface area contributed by atoms with E-state index in [0.717, 1.165) is 23.7 Å². The molecule has 5 aliphatic carbocycles. The molecular weight excluding hydrogens is 264 g/mol. The van der Waals surface area contributed by atoms with Crippen molar-refractivity contribution in [3.63, 3.8) is 0 Å². The lowest BCUT2D eigenvalue weighted by Gasteiger charge is -2.69. The molecule has 0 radical (unpaired) electrons. The highest BCUT2D eigenvalue weighted by Gasteiger charge is 2.76. The molecule has 21 heavy (non-hydrogen) atoms. The number of hydrogen-bond acceptors (Lipinski definition) is 3.